The zero-order valence-electron chi connectivity index (χ0n) is 8.01. The normalized spacial score (nSPS) is 32.2. The number of ether oxygens (including phenoxy) is 2. The standard InChI is InChI=1S/C9H19NO2/c1-3-11-7-8(10)9(2)5-4-6-12-9/h8H,3-7,10H2,1-2H3. The Bertz CT molecular complexity index is 132. The van der Waals surface area contributed by atoms with Gasteiger partial charge in [0.05, 0.1) is 18.2 Å². The van der Waals surface area contributed by atoms with Crippen molar-refractivity contribution in [3.63, 3.8) is 0 Å². The first kappa shape index (κ1) is 9.96. The van der Waals surface area contributed by atoms with Crippen LogP contribution in [0.3, 0.4) is 0 Å². The molecule has 1 fully saturated rings. The van der Waals surface area contributed by atoms with Gasteiger partial charge in [-0.15, -0.1) is 0 Å². The van der Waals surface area contributed by atoms with Crippen molar-refractivity contribution in [2.75, 3.05) is 19.8 Å². The molecule has 0 amide bonds. The number of hydrogen-bond donors (Lipinski definition) is 1. The molecule has 1 heterocycles. The van der Waals surface area contributed by atoms with Gasteiger partial charge >= 0.3 is 0 Å². The summed E-state index contributed by atoms with van der Waals surface area (Å²) in [6.07, 6.45) is 2.18. The molecule has 72 valence electrons. The minimum Gasteiger partial charge on any atom is -0.380 e. The predicted octanol–water partition coefficient (Wildman–Crippen LogP) is 0.919. The first-order chi connectivity index (χ1) is 5.69. The zero-order valence-corrected chi connectivity index (χ0v) is 8.01. The van der Waals surface area contributed by atoms with Crippen molar-refractivity contribution >= 4 is 0 Å². The Balaban J connectivity index is 2.33. The summed E-state index contributed by atoms with van der Waals surface area (Å²) in [6.45, 7) is 6.22. The molecular formula is C9H19NO2. The fourth-order valence-corrected chi connectivity index (χ4v) is 1.51. The fraction of sp³-hybridized carbons (Fsp3) is 1.00. The lowest BCUT2D eigenvalue weighted by Gasteiger charge is -2.29. The van der Waals surface area contributed by atoms with Crippen molar-refractivity contribution in [2.45, 2.75) is 38.3 Å². The molecule has 3 nitrogen and oxygen atoms in total. The minimum atomic E-state index is -0.144. The van der Waals surface area contributed by atoms with E-state index in [2.05, 4.69) is 6.92 Å². The number of nitrogens with two attached hydrogens (primary N) is 1. The Morgan fingerprint density at radius 1 is 1.67 bits per heavy atom. The monoisotopic (exact) mass is 173 g/mol. The SMILES string of the molecule is CCOCC(N)C1(C)CCCO1. The lowest BCUT2D eigenvalue weighted by atomic mass is 9.94. The van der Waals surface area contributed by atoms with Crippen LogP contribution in [0.1, 0.15) is 26.7 Å². The Kier molecular flexibility index (Phi) is 3.50. The van der Waals surface area contributed by atoms with Crippen LogP contribution >= 0.6 is 0 Å². The highest BCUT2D eigenvalue weighted by Crippen LogP contribution is 2.27. The molecule has 1 aliphatic rings. The van der Waals surface area contributed by atoms with Gasteiger partial charge in [0, 0.05) is 13.2 Å². The van der Waals surface area contributed by atoms with Crippen LogP contribution in [0.5, 0.6) is 0 Å². The molecule has 1 rings (SSSR count). The van der Waals surface area contributed by atoms with Crippen LogP contribution in [0.2, 0.25) is 0 Å². The van der Waals surface area contributed by atoms with Crippen LogP contribution in [-0.2, 0) is 9.47 Å². The van der Waals surface area contributed by atoms with E-state index in [9.17, 15) is 0 Å². The smallest absolute Gasteiger partial charge is 0.0828 e. The van der Waals surface area contributed by atoms with E-state index in [-0.39, 0.29) is 11.6 Å². The van der Waals surface area contributed by atoms with E-state index in [0.717, 1.165) is 26.1 Å². The van der Waals surface area contributed by atoms with Gasteiger partial charge in [-0.05, 0) is 26.7 Å². The second-order valence-corrected chi connectivity index (χ2v) is 3.53. The maximum Gasteiger partial charge on any atom is 0.0828 e. The van der Waals surface area contributed by atoms with Gasteiger partial charge < -0.3 is 15.2 Å². The van der Waals surface area contributed by atoms with E-state index in [1.165, 1.54) is 0 Å². The summed E-state index contributed by atoms with van der Waals surface area (Å²) < 4.78 is 10.9. The molecule has 0 saturated carbocycles. The van der Waals surface area contributed by atoms with E-state index >= 15 is 0 Å². The van der Waals surface area contributed by atoms with Gasteiger partial charge in [0.1, 0.15) is 0 Å². The van der Waals surface area contributed by atoms with Crippen molar-refractivity contribution in [2.24, 2.45) is 5.73 Å². The molecule has 0 aromatic heterocycles. The minimum absolute atomic E-state index is 0.0138. The van der Waals surface area contributed by atoms with Crippen LogP contribution in [0.4, 0.5) is 0 Å². The van der Waals surface area contributed by atoms with Gasteiger partial charge in [-0.3, -0.25) is 0 Å². The maximum atomic E-state index is 5.95. The van der Waals surface area contributed by atoms with Crippen molar-refractivity contribution in [1.82, 2.24) is 0 Å². The molecule has 1 aliphatic heterocycles. The third-order valence-corrected chi connectivity index (χ3v) is 2.54. The molecule has 0 radical (unpaired) electrons. The average molecular weight is 173 g/mol. The zero-order chi connectivity index (χ0) is 9.03. The molecule has 3 heteroatoms. The van der Waals surface area contributed by atoms with Gasteiger partial charge in [0.15, 0.2) is 0 Å². The molecule has 0 aromatic rings. The van der Waals surface area contributed by atoms with E-state index in [0.29, 0.717) is 6.61 Å². The van der Waals surface area contributed by atoms with Gasteiger partial charge in [-0.1, -0.05) is 0 Å². The Labute approximate surface area is 74.2 Å². The van der Waals surface area contributed by atoms with E-state index in [1.54, 1.807) is 0 Å². The molecule has 2 N–H and O–H groups in total. The molecule has 0 spiro atoms. The summed E-state index contributed by atoms with van der Waals surface area (Å²) >= 11 is 0. The van der Waals surface area contributed by atoms with Crippen molar-refractivity contribution in [3.05, 3.63) is 0 Å². The topological polar surface area (TPSA) is 44.5 Å². The molecule has 0 aromatic carbocycles. The Morgan fingerprint density at radius 3 is 2.92 bits per heavy atom. The highest BCUT2D eigenvalue weighted by molar-refractivity contribution is 4.90. The van der Waals surface area contributed by atoms with Crippen molar-refractivity contribution in [1.29, 1.82) is 0 Å². The molecule has 0 bridgehead atoms. The van der Waals surface area contributed by atoms with Gasteiger partial charge in [-0.2, -0.15) is 0 Å². The van der Waals surface area contributed by atoms with Crippen LogP contribution < -0.4 is 5.73 Å². The first-order valence-electron chi connectivity index (χ1n) is 4.66. The summed E-state index contributed by atoms with van der Waals surface area (Å²) in [7, 11) is 0. The quantitative estimate of drug-likeness (QED) is 0.687. The van der Waals surface area contributed by atoms with Gasteiger partial charge in [0.25, 0.3) is 0 Å². The summed E-state index contributed by atoms with van der Waals surface area (Å²) in [4.78, 5) is 0. The Hall–Kier alpha value is -0.120. The number of hydrogen-bond acceptors (Lipinski definition) is 3. The molecule has 0 aliphatic carbocycles. The highest BCUT2D eigenvalue weighted by Gasteiger charge is 2.36. The fourth-order valence-electron chi connectivity index (χ4n) is 1.51. The van der Waals surface area contributed by atoms with Crippen LogP contribution in [0.25, 0.3) is 0 Å². The summed E-state index contributed by atoms with van der Waals surface area (Å²) in [5.74, 6) is 0. The number of rotatable bonds is 4. The maximum absolute atomic E-state index is 5.95. The van der Waals surface area contributed by atoms with Crippen molar-refractivity contribution in [3.8, 4) is 0 Å². The lowest BCUT2D eigenvalue weighted by molar-refractivity contribution is -0.0262. The van der Waals surface area contributed by atoms with E-state index in [4.69, 9.17) is 15.2 Å². The molecule has 2 unspecified atom stereocenters. The second-order valence-electron chi connectivity index (χ2n) is 3.53. The van der Waals surface area contributed by atoms with Crippen molar-refractivity contribution < 1.29 is 9.47 Å². The molecular weight excluding hydrogens is 154 g/mol. The second kappa shape index (κ2) is 4.21. The summed E-state index contributed by atoms with van der Waals surface area (Å²) in [5.41, 5.74) is 5.81. The lowest BCUT2D eigenvalue weighted by Crippen LogP contribution is -2.48. The van der Waals surface area contributed by atoms with Crippen LogP contribution in [0, 0.1) is 0 Å². The summed E-state index contributed by atoms with van der Waals surface area (Å²) in [5, 5.41) is 0. The van der Waals surface area contributed by atoms with Gasteiger partial charge in [0.2, 0.25) is 0 Å². The van der Waals surface area contributed by atoms with Crippen LogP contribution in [-0.4, -0.2) is 31.5 Å². The predicted molar refractivity (Wildman–Crippen MR) is 48.1 cm³/mol. The largest absolute Gasteiger partial charge is 0.380 e. The first-order valence-corrected chi connectivity index (χ1v) is 4.66. The average Bonchev–Trinajstić information content (AvgIpc) is 2.49. The van der Waals surface area contributed by atoms with Gasteiger partial charge in [-0.25, -0.2) is 0 Å². The molecule has 1 saturated heterocycles. The molecule has 2 atom stereocenters. The Morgan fingerprint density at radius 2 is 2.42 bits per heavy atom. The molecule has 12 heavy (non-hydrogen) atoms. The third kappa shape index (κ3) is 2.19. The van der Waals surface area contributed by atoms with E-state index < -0.39 is 0 Å². The third-order valence-electron chi connectivity index (χ3n) is 2.54. The highest BCUT2D eigenvalue weighted by atomic mass is 16.5. The van der Waals surface area contributed by atoms with Crippen LogP contribution in [0.15, 0.2) is 0 Å². The summed E-state index contributed by atoms with van der Waals surface area (Å²) in [6, 6.07) is 0.0138. The van der Waals surface area contributed by atoms with E-state index in [1.807, 2.05) is 6.92 Å².